The molecule has 0 aliphatic carbocycles. The first-order valence-corrected chi connectivity index (χ1v) is 10.4. The number of amides is 1. The summed E-state index contributed by atoms with van der Waals surface area (Å²) in [5.74, 6) is 0.567. The van der Waals surface area contributed by atoms with Crippen LogP contribution in [0.4, 0.5) is 0 Å². The van der Waals surface area contributed by atoms with Gasteiger partial charge in [-0.1, -0.05) is 36.0 Å². The van der Waals surface area contributed by atoms with Crippen molar-refractivity contribution in [3.8, 4) is 0 Å². The Bertz CT molecular complexity index is 1080. The Balaban J connectivity index is 1.32. The fourth-order valence-electron chi connectivity index (χ4n) is 2.49. The van der Waals surface area contributed by atoms with E-state index in [1.807, 2.05) is 54.6 Å². The van der Waals surface area contributed by atoms with Crippen LogP contribution in [0.2, 0.25) is 0 Å². The number of pyridine rings is 1. The van der Waals surface area contributed by atoms with Crippen molar-refractivity contribution in [3.63, 3.8) is 0 Å². The van der Waals surface area contributed by atoms with E-state index in [0.29, 0.717) is 5.56 Å². The molecule has 0 bridgehead atoms. The molecule has 0 saturated heterocycles. The molecule has 1 amide bonds. The molecule has 0 saturated carbocycles. The molecule has 4 rings (SSSR count). The SMILES string of the molecule is O=C(N/N=C/c1ccncc1)c1ccc(CSc2nc3ccccc3s2)cc1. The zero-order chi connectivity index (χ0) is 19.2. The van der Waals surface area contributed by atoms with Gasteiger partial charge in [0.2, 0.25) is 0 Å². The van der Waals surface area contributed by atoms with Gasteiger partial charge < -0.3 is 0 Å². The second-order valence-corrected chi connectivity index (χ2v) is 8.17. The summed E-state index contributed by atoms with van der Waals surface area (Å²) < 4.78 is 2.25. The van der Waals surface area contributed by atoms with Crippen LogP contribution in [0.25, 0.3) is 10.2 Å². The monoisotopic (exact) mass is 404 g/mol. The van der Waals surface area contributed by atoms with Crippen molar-refractivity contribution < 1.29 is 4.79 Å². The Hall–Kier alpha value is -3.03. The molecule has 0 radical (unpaired) electrons. The third-order valence-corrected chi connectivity index (χ3v) is 6.19. The quantitative estimate of drug-likeness (QED) is 0.286. The molecule has 2 aromatic carbocycles. The number of rotatable bonds is 6. The van der Waals surface area contributed by atoms with Crippen LogP contribution in [-0.2, 0) is 5.75 Å². The van der Waals surface area contributed by atoms with Gasteiger partial charge in [-0.25, -0.2) is 10.4 Å². The molecule has 4 aromatic rings. The summed E-state index contributed by atoms with van der Waals surface area (Å²) in [4.78, 5) is 20.7. The molecule has 1 N–H and O–H groups in total. The summed E-state index contributed by atoms with van der Waals surface area (Å²) in [7, 11) is 0. The number of hydrogen-bond acceptors (Lipinski definition) is 6. The smallest absolute Gasteiger partial charge is 0.267 e. The first kappa shape index (κ1) is 18.3. The zero-order valence-electron chi connectivity index (χ0n) is 14.8. The van der Waals surface area contributed by atoms with Crippen molar-refractivity contribution >= 4 is 45.4 Å². The minimum Gasteiger partial charge on any atom is -0.267 e. The van der Waals surface area contributed by atoms with Crippen molar-refractivity contribution in [2.24, 2.45) is 5.10 Å². The number of para-hydroxylation sites is 1. The van der Waals surface area contributed by atoms with Gasteiger partial charge in [0.05, 0.1) is 16.4 Å². The lowest BCUT2D eigenvalue weighted by molar-refractivity contribution is 0.0955. The maximum absolute atomic E-state index is 12.2. The van der Waals surface area contributed by atoms with Crippen LogP contribution in [0.1, 0.15) is 21.5 Å². The number of thioether (sulfide) groups is 1. The number of benzene rings is 2. The number of carbonyl (C=O) groups is 1. The highest BCUT2D eigenvalue weighted by molar-refractivity contribution is 8.00. The summed E-state index contributed by atoms with van der Waals surface area (Å²) in [5, 5.41) is 3.97. The van der Waals surface area contributed by atoms with Gasteiger partial charge in [0.25, 0.3) is 5.91 Å². The summed E-state index contributed by atoms with van der Waals surface area (Å²) in [6.45, 7) is 0. The number of hydrazone groups is 1. The first-order valence-electron chi connectivity index (χ1n) is 8.59. The molecule has 28 heavy (non-hydrogen) atoms. The number of aromatic nitrogens is 2. The average Bonchev–Trinajstić information content (AvgIpc) is 3.16. The molecule has 7 heteroatoms. The van der Waals surface area contributed by atoms with Crippen LogP contribution in [0.5, 0.6) is 0 Å². The molecular weight excluding hydrogens is 388 g/mol. The highest BCUT2D eigenvalue weighted by Gasteiger charge is 2.06. The summed E-state index contributed by atoms with van der Waals surface area (Å²) in [6.07, 6.45) is 4.94. The third-order valence-electron chi connectivity index (χ3n) is 3.94. The van der Waals surface area contributed by atoms with Gasteiger partial charge in [0.15, 0.2) is 4.34 Å². The number of hydrogen-bond donors (Lipinski definition) is 1. The highest BCUT2D eigenvalue weighted by atomic mass is 32.2. The van der Waals surface area contributed by atoms with Gasteiger partial charge in [0, 0.05) is 23.7 Å². The van der Waals surface area contributed by atoms with Gasteiger partial charge in [-0.2, -0.15) is 5.10 Å². The van der Waals surface area contributed by atoms with Crippen LogP contribution in [0.15, 0.2) is 82.5 Å². The van der Waals surface area contributed by atoms with Gasteiger partial charge in [0.1, 0.15) is 0 Å². The third kappa shape index (κ3) is 4.62. The van der Waals surface area contributed by atoms with Crippen LogP contribution in [-0.4, -0.2) is 22.1 Å². The lowest BCUT2D eigenvalue weighted by Crippen LogP contribution is -2.17. The highest BCUT2D eigenvalue weighted by Crippen LogP contribution is 2.31. The van der Waals surface area contributed by atoms with Crippen LogP contribution < -0.4 is 5.43 Å². The van der Waals surface area contributed by atoms with Crippen LogP contribution in [0.3, 0.4) is 0 Å². The predicted octanol–water partition coefficient (Wildman–Crippen LogP) is 4.75. The molecule has 2 heterocycles. The standard InChI is InChI=1S/C21H16N4OS2/c26-20(25-23-13-15-9-11-22-12-10-15)17-7-5-16(6-8-17)14-27-21-24-18-3-1-2-4-19(18)28-21/h1-13H,14H2,(H,25,26)/b23-13+. The Labute approximate surface area is 170 Å². The number of carbonyl (C=O) groups excluding carboxylic acids is 1. The van der Waals surface area contributed by atoms with Gasteiger partial charge >= 0.3 is 0 Å². The van der Waals surface area contributed by atoms with Crippen molar-refractivity contribution in [2.75, 3.05) is 0 Å². The van der Waals surface area contributed by atoms with Crippen LogP contribution >= 0.6 is 23.1 Å². The van der Waals surface area contributed by atoms with E-state index in [-0.39, 0.29) is 5.91 Å². The molecule has 0 unspecified atom stereocenters. The second-order valence-electron chi connectivity index (χ2n) is 5.91. The van der Waals surface area contributed by atoms with Crippen LogP contribution in [0, 0.1) is 0 Å². The van der Waals surface area contributed by atoms with Gasteiger partial charge in [-0.05, 0) is 47.5 Å². The number of nitrogens with zero attached hydrogens (tertiary/aromatic N) is 3. The van der Waals surface area contributed by atoms with Gasteiger partial charge in [-0.15, -0.1) is 11.3 Å². The average molecular weight is 405 g/mol. The fourth-order valence-corrected chi connectivity index (χ4v) is 4.51. The lowest BCUT2D eigenvalue weighted by atomic mass is 10.1. The molecule has 0 aliphatic rings. The van der Waals surface area contributed by atoms with E-state index in [2.05, 4.69) is 26.6 Å². The van der Waals surface area contributed by atoms with E-state index >= 15 is 0 Å². The Morgan fingerprint density at radius 3 is 2.64 bits per heavy atom. The minimum absolute atomic E-state index is 0.240. The van der Waals surface area contributed by atoms with Gasteiger partial charge in [-0.3, -0.25) is 9.78 Å². The Kier molecular flexibility index (Phi) is 5.75. The second kappa shape index (κ2) is 8.77. The number of nitrogens with one attached hydrogen (secondary N) is 1. The fraction of sp³-hybridized carbons (Fsp3) is 0.0476. The lowest BCUT2D eigenvalue weighted by Gasteiger charge is -2.02. The molecular formula is C21H16N4OS2. The van der Waals surface area contributed by atoms with E-state index in [4.69, 9.17) is 0 Å². The Morgan fingerprint density at radius 1 is 1.07 bits per heavy atom. The van der Waals surface area contributed by atoms with E-state index in [0.717, 1.165) is 26.7 Å². The largest absolute Gasteiger partial charge is 0.271 e. The normalized spacial score (nSPS) is 11.1. The molecule has 5 nitrogen and oxygen atoms in total. The topological polar surface area (TPSA) is 67.2 Å². The van der Waals surface area contributed by atoms with Crippen molar-refractivity contribution in [3.05, 3.63) is 89.7 Å². The number of thiazole rings is 1. The minimum atomic E-state index is -0.240. The van der Waals surface area contributed by atoms with E-state index < -0.39 is 0 Å². The zero-order valence-corrected chi connectivity index (χ0v) is 16.4. The van der Waals surface area contributed by atoms with Crippen molar-refractivity contribution in [1.29, 1.82) is 0 Å². The molecule has 138 valence electrons. The maximum atomic E-state index is 12.2. The van der Waals surface area contributed by atoms with Crippen molar-refractivity contribution in [1.82, 2.24) is 15.4 Å². The van der Waals surface area contributed by atoms with E-state index in [9.17, 15) is 4.79 Å². The summed E-state index contributed by atoms with van der Waals surface area (Å²) in [5.41, 5.74) is 6.16. The predicted molar refractivity (Wildman–Crippen MR) is 115 cm³/mol. The molecule has 0 aliphatic heterocycles. The molecule has 0 spiro atoms. The molecule has 0 atom stereocenters. The summed E-state index contributed by atoms with van der Waals surface area (Å²) in [6, 6.07) is 19.3. The summed E-state index contributed by atoms with van der Waals surface area (Å²) >= 11 is 3.40. The maximum Gasteiger partial charge on any atom is 0.271 e. The van der Waals surface area contributed by atoms with E-state index in [1.54, 1.807) is 41.7 Å². The van der Waals surface area contributed by atoms with Crippen molar-refractivity contribution in [2.45, 2.75) is 10.1 Å². The Morgan fingerprint density at radius 2 is 1.86 bits per heavy atom. The molecule has 0 fully saturated rings. The first-order chi connectivity index (χ1) is 13.8. The van der Waals surface area contributed by atoms with E-state index in [1.165, 1.54) is 4.70 Å². The number of fused-ring (bicyclic) bond motifs is 1. The molecule has 2 aromatic heterocycles.